The standard InChI is InChI=1S/C14H24N2O/c1-5-6-13(17-4)14(16-15)12-9-10(2)7-8-11(12)3/h7-9,13-14,16H,5-6,15H2,1-4H3. The highest BCUT2D eigenvalue weighted by Gasteiger charge is 2.22. The number of hydrazine groups is 1. The van der Waals surface area contributed by atoms with Crippen LogP contribution < -0.4 is 11.3 Å². The highest BCUT2D eigenvalue weighted by atomic mass is 16.5. The van der Waals surface area contributed by atoms with Crippen molar-refractivity contribution in [1.29, 1.82) is 0 Å². The SMILES string of the molecule is CCCC(OC)C(NN)c1cc(C)ccc1C. The summed E-state index contributed by atoms with van der Waals surface area (Å²) in [4.78, 5) is 0. The third-order valence-electron chi connectivity index (χ3n) is 3.20. The first-order chi connectivity index (χ1) is 8.13. The Labute approximate surface area is 104 Å². The van der Waals surface area contributed by atoms with Gasteiger partial charge in [-0.2, -0.15) is 0 Å². The predicted molar refractivity (Wildman–Crippen MR) is 71.7 cm³/mol. The number of ether oxygens (including phenoxy) is 1. The van der Waals surface area contributed by atoms with Crippen LogP contribution >= 0.6 is 0 Å². The molecule has 0 bridgehead atoms. The van der Waals surface area contributed by atoms with Gasteiger partial charge < -0.3 is 4.74 Å². The molecule has 17 heavy (non-hydrogen) atoms. The van der Waals surface area contributed by atoms with Gasteiger partial charge in [-0.3, -0.25) is 11.3 Å². The molecule has 0 spiro atoms. The molecule has 0 heterocycles. The zero-order valence-corrected chi connectivity index (χ0v) is 11.3. The van der Waals surface area contributed by atoms with Crippen LogP contribution in [0.15, 0.2) is 18.2 Å². The van der Waals surface area contributed by atoms with Gasteiger partial charge in [0, 0.05) is 7.11 Å². The first-order valence-corrected chi connectivity index (χ1v) is 6.20. The fraction of sp³-hybridized carbons (Fsp3) is 0.571. The highest BCUT2D eigenvalue weighted by Crippen LogP contribution is 2.25. The first-order valence-electron chi connectivity index (χ1n) is 6.20. The fourth-order valence-electron chi connectivity index (χ4n) is 2.20. The molecule has 0 saturated carbocycles. The van der Waals surface area contributed by atoms with E-state index in [1.54, 1.807) is 7.11 Å². The third kappa shape index (κ3) is 3.53. The predicted octanol–water partition coefficient (Wildman–Crippen LogP) is 2.62. The molecule has 3 nitrogen and oxygen atoms in total. The van der Waals surface area contributed by atoms with E-state index in [-0.39, 0.29) is 12.1 Å². The summed E-state index contributed by atoms with van der Waals surface area (Å²) in [6.45, 7) is 6.36. The fourth-order valence-corrected chi connectivity index (χ4v) is 2.20. The Balaban J connectivity index is 3.02. The molecule has 1 rings (SSSR count). The number of hydrogen-bond acceptors (Lipinski definition) is 3. The maximum absolute atomic E-state index is 5.70. The number of aryl methyl sites for hydroxylation is 2. The molecule has 2 unspecified atom stereocenters. The number of nitrogens with one attached hydrogen (secondary N) is 1. The van der Waals surface area contributed by atoms with E-state index >= 15 is 0 Å². The topological polar surface area (TPSA) is 47.3 Å². The quantitative estimate of drug-likeness (QED) is 0.589. The van der Waals surface area contributed by atoms with Gasteiger partial charge >= 0.3 is 0 Å². The second-order valence-electron chi connectivity index (χ2n) is 4.57. The van der Waals surface area contributed by atoms with Gasteiger partial charge in [0.1, 0.15) is 0 Å². The number of rotatable bonds is 6. The van der Waals surface area contributed by atoms with Crippen LogP contribution in [0.25, 0.3) is 0 Å². The molecule has 0 aliphatic carbocycles. The Morgan fingerprint density at radius 1 is 1.35 bits per heavy atom. The van der Waals surface area contributed by atoms with Crippen molar-refractivity contribution in [3.63, 3.8) is 0 Å². The van der Waals surface area contributed by atoms with Gasteiger partial charge in [0.05, 0.1) is 12.1 Å². The van der Waals surface area contributed by atoms with E-state index in [9.17, 15) is 0 Å². The van der Waals surface area contributed by atoms with Crippen molar-refractivity contribution in [3.05, 3.63) is 34.9 Å². The Kier molecular flexibility index (Phi) is 5.62. The summed E-state index contributed by atoms with van der Waals surface area (Å²) in [6.07, 6.45) is 2.20. The summed E-state index contributed by atoms with van der Waals surface area (Å²) in [5.41, 5.74) is 6.62. The summed E-state index contributed by atoms with van der Waals surface area (Å²) in [6, 6.07) is 6.49. The number of hydrogen-bond donors (Lipinski definition) is 2. The summed E-state index contributed by atoms with van der Waals surface area (Å²) in [7, 11) is 1.75. The van der Waals surface area contributed by atoms with Crippen LogP contribution in [0.4, 0.5) is 0 Å². The number of methoxy groups -OCH3 is 1. The van der Waals surface area contributed by atoms with Crippen LogP contribution in [0.2, 0.25) is 0 Å². The van der Waals surface area contributed by atoms with Gasteiger partial charge in [-0.1, -0.05) is 37.1 Å². The average Bonchev–Trinajstić information content (AvgIpc) is 2.33. The molecular formula is C14H24N2O. The van der Waals surface area contributed by atoms with Crippen LogP contribution in [-0.4, -0.2) is 13.2 Å². The van der Waals surface area contributed by atoms with E-state index in [0.717, 1.165) is 12.8 Å². The Morgan fingerprint density at radius 2 is 2.06 bits per heavy atom. The van der Waals surface area contributed by atoms with Crippen LogP contribution in [0.1, 0.15) is 42.5 Å². The molecule has 3 N–H and O–H groups in total. The summed E-state index contributed by atoms with van der Waals surface area (Å²) in [5.74, 6) is 5.70. The van der Waals surface area contributed by atoms with Crippen molar-refractivity contribution in [3.8, 4) is 0 Å². The van der Waals surface area contributed by atoms with Gasteiger partial charge in [0.25, 0.3) is 0 Å². The smallest absolute Gasteiger partial charge is 0.0778 e. The molecule has 96 valence electrons. The number of nitrogens with two attached hydrogens (primary N) is 1. The minimum absolute atomic E-state index is 0.0554. The lowest BCUT2D eigenvalue weighted by molar-refractivity contribution is 0.0604. The maximum atomic E-state index is 5.70. The summed E-state index contributed by atoms with van der Waals surface area (Å²) >= 11 is 0. The molecule has 0 aliphatic heterocycles. The van der Waals surface area contributed by atoms with Crippen LogP contribution in [-0.2, 0) is 4.74 Å². The van der Waals surface area contributed by atoms with Gasteiger partial charge in [0.2, 0.25) is 0 Å². The first kappa shape index (κ1) is 14.2. The minimum Gasteiger partial charge on any atom is -0.379 e. The normalized spacial score (nSPS) is 14.6. The number of benzene rings is 1. The molecule has 2 atom stereocenters. The van der Waals surface area contributed by atoms with Crippen LogP contribution in [0.3, 0.4) is 0 Å². The van der Waals surface area contributed by atoms with E-state index < -0.39 is 0 Å². The van der Waals surface area contributed by atoms with Crippen molar-refractivity contribution in [2.75, 3.05) is 7.11 Å². The van der Waals surface area contributed by atoms with E-state index in [1.165, 1.54) is 16.7 Å². The molecule has 1 aromatic carbocycles. The van der Waals surface area contributed by atoms with E-state index in [4.69, 9.17) is 10.6 Å². The van der Waals surface area contributed by atoms with Gasteiger partial charge in [0.15, 0.2) is 0 Å². The third-order valence-corrected chi connectivity index (χ3v) is 3.20. The van der Waals surface area contributed by atoms with E-state index in [2.05, 4.69) is 44.4 Å². The molecule has 0 fully saturated rings. The molecule has 0 aromatic heterocycles. The molecule has 0 radical (unpaired) electrons. The van der Waals surface area contributed by atoms with Gasteiger partial charge in [-0.15, -0.1) is 0 Å². The largest absolute Gasteiger partial charge is 0.379 e. The Hall–Kier alpha value is -0.900. The molecule has 0 aliphatic rings. The van der Waals surface area contributed by atoms with Crippen molar-refractivity contribution >= 4 is 0 Å². The zero-order chi connectivity index (χ0) is 12.8. The molecule has 3 heteroatoms. The molecule has 0 saturated heterocycles. The van der Waals surface area contributed by atoms with Crippen LogP contribution in [0, 0.1) is 13.8 Å². The summed E-state index contributed by atoms with van der Waals surface area (Å²) < 4.78 is 5.55. The van der Waals surface area contributed by atoms with E-state index in [1.807, 2.05) is 0 Å². The monoisotopic (exact) mass is 236 g/mol. The molecule has 1 aromatic rings. The second-order valence-corrected chi connectivity index (χ2v) is 4.57. The molecule has 0 amide bonds. The summed E-state index contributed by atoms with van der Waals surface area (Å²) in [5, 5.41) is 0. The Morgan fingerprint density at radius 3 is 2.59 bits per heavy atom. The van der Waals surface area contributed by atoms with Crippen LogP contribution in [0.5, 0.6) is 0 Å². The second kappa shape index (κ2) is 6.74. The molecular weight excluding hydrogens is 212 g/mol. The van der Waals surface area contributed by atoms with Crippen molar-refractivity contribution in [1.82, 2.24) is 5.43 Å². The lowest BCUT2D eigenvalue weighted by Crippen LogP contribution is -2.38. The average molecular weight is 236 g/mol. The van der Waals surface area contributed by atoms with Crippen molar-refractivity contribution < 1.29 is 4.74 Å². The zero-order valence-electron chi connectivity index (χ0n) is 11.3. The minimum atomic E-state index is 0.0554. The lowest BCUT2D eigenvalue weighted by Gasteiger charge is -2.27. The van der Waals surface area contributed by atoms with E-state index in [0.29, 0.717) is 0 Å². The van der Waals surface area contributed by atoms with Gasteiger partial charge in [-0.25, -0.2) is 0 Å². The van der Waals surface area contributed by atoms with Crippen molar-refractivity contribution in [2.24, 2.45) is 5.84 Å². The van der Waals surface area contributed by atoms with Gasteiger partial charge in [-0.05, 0) is 31.4 Å². The highest BCUT2D eigenvalue weighted by molar-refractivity contribution is 5.33. The Bertz CT molecular complexity index is 352. The lowest BCUT2D eigenvalue weighted by atomic mass is 9.93. The van der Waals surface area contributed by atoms with Crippen molar-refractivity contribution in [2.45, 2.75) is 45.8 Å². The maximum Gasteiger partial charge on any atom is 0.0778 e.